The quantitative estimate of drug-likeness (QED) is 0.635. The van der Waals surface area contributed by atoms with Crippen molar-refractivity contribution in [1.82, 2.24) is 0 Å². The molecule has 3 unspecified atom stereocenters. The molecule has 0 spiro atoms. The van der Waals surface area contributed by atoms with Gasteiger partial charge in [-0.1, -0.05) is 39.0 Å². The van der Waals surface area contributed by atoms with E-state index in [1.54, 1.807) is 0 Å². The molecule has 2 saturated carbocycles. The highest BCUT2D eigenvalue weighted by Crippen LogP contribution is 2.39. The van der Waals surface area contributed by atoms with Gasteiger partial charge in [-0.15, -0.1) is 0 Å². The molecule has 0 N–H and O–H groups in total. The summed E-state index contributed by atoms with van der Waals surface area (Å²) in [5.41, 5.74) is 0. The molecule has 16 heavy (non-hydrogen) atoms. The predicted octanol–water partition coefficient (Wildman–Crippen LogP) is 4.35. The normalized spacial score (nSPS) is 37.1. The summed E-state index contributed by atoms with van der Waals surface area (Å²) in [7, 11) is 0. The first-order chi connectivity index (χ1) is 7.81. The van der Waals surface area contributed by atoms with Crippen LogP contribution in [0, 0.1) is 17.8 Å². The van der Waals surface area contributed by atoms with Crippen molar-refractivity contribution in [2.24, 2.45) is 17.8 Å². The fourth-order valence-corrected chi connectivity index (χ4v) is 3.75. The molecule has 1 heteroatoms. The molecule has 0 aromatic carbocycles. The van der Waals surface area contributed by atoms with Crippen molar-refractivity contribution in [3.8, 4) is 0 Å². The molecule has 0 aliphatic heterocycles. The maximum absolute atomic E-state index is 12.1. The summed E-state index contributed by atoms with van der Waals surface area (Å²) in [6, 6.07) is 0. The van der Waals surface area contributed by atoms with E-state index in [4.69, 9.17) is 0 Å². The van der Waals surface area contributed by atoms with Gasteiger partial charge in [-0.05, 0) is 37.5 Å². The second-order valence-electron chi connectivity index (χ2n) is 5.87. The van der Waals surface area contributed by atoms with Crippen molar-refractivity contribution in [1.29, 1.82) is 0 Å². The van der Waals surface area contributed by atoms with Crippen molar-refractivity contribution in [3.05, 3.63) is 0 Å². The highest BCUT2D eigenvalue weighted by Gasteiger charge is 2.32. The number of rotatable bonds is 2. The number of Topliss-reactive ketones (excluding diaryl/α,β-unsaturated/α-hetero) is 1. The monoisotopic (exact) mass is 222 g/mol. The predicted molar refractivity (Wildman–Crippen MR) is 67.3 cm³/mol. The zero-order valence-electron chi connectivity index (χ0n) is 10.7. The number of hydrogen-bond acceptors (Lipinski definition) is 1. The van der Waals surface area contributed by atoms with Gasteiger partial charge in [0.2, 0.25) is 0 Å². The molecule has 3 atom stereocenters. The standard InChI is InChI=1S/C15H26O/c1-2-12-7-6-8-13(11-12)14-9-4-3-5-10-15(14)16/h12-14H,2-11H2,1H3. The van der Waals surface area contributed by atoms with Gasteiger partial charge < -0.3 is 0 Å². The van der Waals surface area contributed by atoms with Crippen LogP contribution in [-0.2, 0) is 4.79 Å². The number of carbonyl (C=O) groups excluding carboxylic acids is 1. The van der Waals surface area contributed by atoms with Crippen LogP contribution in [0.5, 0.6) is 0 Å². The summed E-state index contributed by atoms with van der Waals surface area (Å²) in [6.07, 6.45) is 12.6. The molecule has 2 aliphatic rings. The Balaban J connectivity index is 1.95. The lowest BCUT2D eigenvalue weighted by Crippen LogP contribution is -2.27. The lowest BCUT2D eigenvalue weighted by atomic mass is 9.72. The van der Waals surface area contributed by atoms with Gasteiger partial charge in [0.15, 0.2) is 0 Å². The van der Waals surface area contributed by atoms with Crippen LogP contribution in [0.25, 0.3) is 0 Å². The van der Waals surface area contributed by atoms with E-state index >= 15 is 0 Å². The van der Waals surface area contributed by atoms with Gasteiger partial charge in [0.05, 0.1) is 0 Å². The molecule has 92 valence electrons. The van der Waals surface area contributed by atoms with Gasteiger partial charge in [-0.25, -0.2) is 0 Å². The third-order valence-corrected chi connectivity index (χ3v) is 4.82. The Bertz CT molecular complexity index is 234. The minimum Gasteiger partial charge on any atom is -0.299 e. The minimum atomic E-state index is 0.442. The zero-order valence-corrected chi connectivity index (χ0v) is 10.7. The summed E-state index contributed by atoms with van der Waals surface area (Å²) in [4.78, 5) is 12.1. The van der Waals surface area contributed by atoms with E-state index in [-0.39, 0.29) is 0 Å². The van der Waals surface area contributed by atoms with Crippen LogP contribution in [0.1, 0.15) is 71.1 Å². The molecule has 2 fully saturated rings. The van der Waals surface area contributed by atoms with Crippen LogP contribution in [0.2, 0.25) is 0 Å². The van der Waals surface area contributed by atoms with Crippen LogP contribution in [0.4, 0.5) is 0 Å². The lowest BCUT2D eigenvalue weighted by Gasteiger charge is -2.33. The average molecular weight is 222 g/mol. The smallest absolute Gasteiger partial charge is 0.136 e. The summed E-state index contributed by atoms with van der Waals surface area (Å²) in [5, 5.41) is 0. The van der Waals surface area contributed by atoms with Gasteiger partial charge in [0, 0.05) is 12.3 Å². The first-order valence-corrected chi connectivity index (χ1v) is 7.34. The number of ketones is 1. The highest BCUT2D eigenvalue weighted by atomic mass is 16.1. The van der Waals surface area contributed by atoms with Crippen molar-refractivity contribution in [2.75, 3.05) is 0 Å². The summed E-state index contributed by atoms with van der Waals surface area (Å²) in [5.74, 6) is 2.69. The van der Waals surface area contributed by atoms with E-state index in [0.717, 1.165) is 24.7 Å². The molecule has 0 amide bonds. The van der Waals surface area contributed by atoms with E-state index in [0.29, 0.717) is 11.7 Å². The zero-order chi connectivity index (χ0) is 11.4. The van der Waals surface area contributed by atoms with E-state index in [1.165, 1.54) is 51.4 Å². The largest absolute Gasteiger partial charge is 0.299 e. The van der Waals surface area contributed by atoms with Gasteiger partial charge in [-0.3, -0.25) is 4.79 Å². The Morgan fingerprint density at radius 3 is 2.75 bits per heavy atom. The van der Waals surface area contributed by atoms with Crippen molar-refractivity contribution >= 4 is 5.78 Å². The molecule has 0 radical (unpaired) electrons. The Morgan fingerprint density at radius 2 is 1.94 bits per heavy atom. The maximum Gasteiger partial charge on any atom is 0.136 e. The second-order valence-corrected chi connectivity index (χ2v) is 5.87. The molecule has 2 aliphatic carbocycles. The highest BCUT2D eigenvalue weighted by molar-refractivity contribution is 5.81. The first-order valence-electron chi connectivity index (χ1n) is 7.34. The molecule has 2 rings (SSSR count). The second kappa shape index (κ2) is 5.84. The van der Waals surface area contributed by atoms with E-state index in [1.807, 2.05) is 0 Å². The summed E-state index contributed by atoms with van der Waals surface area (Å²) >= 11 is 0. The Hall–Kier alpha value is -0.330. The van der Waals surface area contributed by atoms with E-state index in [9.17, 15) is 4.79 Å². The van der Waals surface area contributed by atoms with Gasteiger partial charge in [0.25, 0.3) is 0 Å². The third-order valence-electron chi connectivity index (χ3n) is 4.82. The molecule has 1 nitrogen and oxygen atoms in total. The number of hydrogen-bond donors (Lipinski definition) is 0. The molecule has 0 aromatic heterocycles. The molecule has 0 bridgehead atoms. The Morgan fingerprint density at radius 1 is 1.06 bits per heavy atom. The summed E-state index contributed by atoms with van der Waals surface area (Å²) < 4.78 is 0. The fourth-order valence-electron chi connectivity index (χ4n) is 3.75. The topological polar surface area (TPSA) is 17.1 Å². The van der Waals surface area contributed by atoms with Gasteiger partial charge in [-0.2, -0.15) is 0 Å². The van der Waals surface area contributed by atoms with E-state index < -0.39 is 0 Å². The van der Waals surface area contributed by atoms with Gasteiger partial charge in [0.1, 0.15) is 5.78 Å². The summed E-state index contributed by atoms with van der Waals surface area (Å²) in [6.45, 7) is 2.31. The molecular weight excluding hydrogens is 196 g/mol. The maximum atomic E-state index is 12.1. The van der Waals surface area contributed by atoms with Crippen LogP contribution in [0.15, 0.2) is 0 Å². The van der Waals surface area contributed by atoms with Crippen molar-refractivity contribution < 1.29 is 4.79 Å². The van der Waals surface area contributed by atoms with Crippen molar-refractivity contribution in [3.63, 3.8) is 0 Å². The van der Waals surface area contributed by atoms with Crippen molar-refractivity contribution in [2.45, 2.75) is 71.1 Å². The van der Waals surface area contributed by atoms with E-state index in [2.05, 4.69) is 6.92 Å². The molecular formula is C15H26O. The fraction of sp³-hybridized carbons (Fsp3) is 0.933. The minimum absolute atomic E-state index is 0.442. The molecule has 0 heterocycles. The first kappa shape index (κ1) is 12.1. The molecule has 0 saturated heterocycles. The molecule has 0 aromatic rings. The average Bonchev–Trinajstić information content (AvgIpc) is 2.54. The number of carbonyl (C=O) groups is 1. The third kappa shape index (κ3) is 2.87. The SMILES string of the molecule is CCC1CCCC(C2CCCCCC2=O)C1. The van der Waals surface area contributed by atoms with Gasteiger partial charge >= 0.3 is 0 Å². The Labute approximate surface area is 100.0 Å². The lowest BCUT2D eigenvalue weighted by molar-refractivity contribution is -0.125. The Kier molecular flexibility index (Phi) is 4.43. The van der Waals surface area contributed by atoms with Crippen LogP contribution in [0.3, 0.4) is 0 Å². The van der Waals surface area contributed by atoms with Crippen LogP contribution >= 0.6 is 0 Å². The van der Waals surface area contributed by atoms with Crippen LogP contribution in [-0.4, -0.2) is 5.78 Å². The van der Waals surface area contributed by atoms with Crippen LogP contribution < -0.4 is 0 Å².